The molecule has 0 bridgehead atoms. The highest BCUT2D eigenvalue weighted by molar-refractivity contribution is 6.56. The molecule has 92 valence electrons. The highest BCUT2D eigenvalue weighted by Crippen LogP contribution is 2.24. The van der Waals surface area contributed by atoms with E-state index in [4.69, 9.17) is 12.3 Å². The van der Waals surface area contributed by atoms with Gasteiger partial charge in [-0.05, 0) is 6.04 Å². The van der Waals surface area contributed by atoms with Crippen molar-refractivity contribution in [2.24, 2.45) is 0 Å². The molecule has 0 atom stereocenters. The van der Waals surface area contributed by atoms with Crippen LogP contribution in [0.5, 0.6) is 0 Å². The minimum atomic E-state index is -2.22. The highest BCUT2D eigenvalue weighted by Gasteiger charge is 2.18. The quantitative estimate of drug-likeness (QED) is 0.673. The standard InChI is InChI=1S/C14H11BN2O2/c18-15(19)14-16-12-9-5-4-8-11(12)13(17-14)10-6-2-1-3-7-10/h1-9,18-19H/i1D,2D,3D,4D,5D,6D,7D,8D,9D. The number of nitrogens with zero attached hydrogens (tertiary/aromatic N) is 2. The van der Waals surface area contributed by atoms with Gasteiger partial charge in [-0.15, -0.1) is 0 Å². The molecule has 2 aromatic carbocycles. The molecule has 0 unspecified atom stereocenters. The van der Waals surface area contributed by atoms with Crippen molar-refractivity contribution in [3.8, 4) is 11.3 Å². The molecule has 4 nitrogen and oxygen atoms in total. The minimum absolute atomic E-state index is 0.297. The summed E-state index contributed by atoms with van der Waals surface area (Å²) in [5.41, 5.74) is -1.87. The molecule has 0 aliphatic heterocycles. The second-order valence-corrected chi connectivity index (χ2v) is 3.53. The minimum Gasteiger partial charge on any atom is -0.421 e. The highest BCUT2D eigenvalue weighted by atomic mass is 16.4. The van der Waals surface area contributed by atoms with Crippen LogP contribution >= 0.6 is 0 Å². The fourth-order valence-electron chi connectivity index (χ4n) is 1.54. The lowest BCUT2D eigenvalue weighted by Gasteiger charge is -2.08. The van der Waals surface area contributed by atoms with Crippen molar-refractivity contribution in [3.63, 3.8) is 0 Å². The summed E-state index contributed by atoms with van der Waals surface area (Å²) >= 11 is 0. The van der Waals surface area contributed by atoms with E-state index in [1.54, 1.807) is 0 Å². The van der Waals surface area contributed by atoms with Gasteiger partial charge in [-0.25, -0.2) is 9.97 Å². The first kappa shape index (κ1) is 5.40. The van der Waals surface area contributed by atoms with Crippen molar-refractivity contribution in [3.05, 3.63) is 54.4 Å². The van der Waals surface area contributed by atoms with Crippen molar-refractivity contribution in [1.29, 1.82) is 0 Å². The lowest BCUT2D eigenvalue weighted by atomic mass is 9.90. The molecule has 0 radical (unpaired) electrons. The van der Waals surface area contributed by atoms with E-state index >= 15 is 0 Å². The molecule has 2 N–H and O–H groups in total. The maximum absolute atomic E-state index is 9.47. The Balaban J connectivity index is 2.63. The predicted octanol–water partition coefficient (Wildman–Crippen LogP) is 0.977. The summed E-state index contributed by atoms with van der Waals surface area (Å²) in [6.07, 6.45) is 0. The maximum Gasteiger partial charge on any atom is 0.528 e. The zero-order valence-corrected chi connectivity index (χ0v) is 9.37. The van der Waals surface area contributed by atoms with E-state index < -0.39 is 78.5 Å². The molecule has 0 saturated heterocycles. The Morgan fingerprint density at radius 1 is 0.895 bits per heavy atom. The van der Waals surface area contributed by atoms with Crippen LogP contribution in [0.25, 0.3) is 22.2 Å². The first-order chi connectivity index (χ1) is 13.0. The van der Waals surface area contributed by atoms with Gasteiger partial charge in [-0.3, -0.25) is 0 Å². The largest absolute Gasteiger partial charge is 0.528 e. The van der Waals surface area contributed by atoms with E-state index in [1.165, 1.54) is 0 Å². The fraction of sp³-hybridized carbons (Fsp3) is 0. The number of para-hydroxylation sites is 1. The number of hydrogen-bond acceptors (Lipinski definition) is 4. The zero-order valence-electron chi connectivity index (χ0n) is 18.4. The van der Waals surface area contributed by atoms with Gasteiger partial charge < -0.3 is 10.0 Å². The van der Waals surface area contributed by atoms with Crippen LogP contribution in [-0.4, -0.2) is 27.1 Å². The monoisotopic (exact) mass is 259 g/mol. The lowest BCUT2D eigenvalue weighted by Crippen LogP contribution is -2.35. The molecule has 3 rings (SSSR count). The SMILES string of the molecule is [2H]c1c([2H])c([2H])c(-c2nc(B(O)O)nc3c([2H])c([2H])c([2H])c([2H])c23)c([2H])c1[2H]. The van der Waals surface area contributed by atoms with Gasteiger partial charge in [0, 0.05) is 10.9 Å². The van der Waals surface area contributed by atoms with Crippen LogP contribution in [0.15, 0.2) is 54.4 Å². The first-order valence-electron chi connectivity index (χ1n) is 9.70. The van der Waals surface area contributed by atoms with E-state index in [0.29, 0.717) is 0 Å². The molecule has 0 aliphatic rings. The summed E-state index contributed by atoms with van der Waals surface area (Å²) in [4.78, 5) is 7.62. The summed E-state index contributed by atoms with van der Waals surface area (Å²) in [7, 11) is -2.22. The third-order valence-corrected chi connectivity index (χ3v) is 2.32. The van der Waals surface area contributed by atoms with Gasteiger partial charge in [0.05, 0.1) is 23.5 Å². The van der Waals surface area contributed by atoms with E-state index in [9.17, 15) is 10.0 Å². The van der Waals surface area contributed by atoms with Crippen LogP contribution in [0.3, 0.4) is 0 Å². The third kappa shape index (κ3) is 2.21. The Morgan fingerprint density at radius 3 is 2.32 bits per heavy atom. The second kappa shape index (κ2) is 4.80. The van der Waals surface area contributed by atoms with Crippen LogP contribution in [0.4, 0.5) is 0 Å². The molecule has 0 fully saturated rings. The number of hydrogen-bond donors (Lipinski definition) is 2. The van der Waals surface area contributed by atoms with Gasteiger partial charge in [-0.2, -0.15) is 0 Å². The molecular weight excluding hydrogens is 239 g/mol. The molecule has 1 aromatic heterocycles. The number of aromatic nitrogens is 2. The van der Waals surface area contributed by atoms with Crippen LogP contribution in [-0.2, 0) is 0 Å². The number of rotatable bonds is 2. The Bertz CT molecular complexity index is 1130. The summed E-state index contributed by atoms with van der Waals surface area (Å²) in [5, 5.41) is 18.6. The van der Waals surface area contributed by atoms with Gasteiger partial charge in [0.15, 0.2) is 5.72 Å². The van der Waals surface area contributed by atoms with E-state index in [2.05, 4.69) is 9.97 Å². The predicted molar refractivity (Wildman–Crippen MR) is 74.8 cm³/mol. The van der Waals surface area contributed by atoms with E-state index in [-0.39, 0.29) is 10.9 Å². The van der Waals surface area contributed by atoms with Crippen molar-refractivity contribution >= 4 is 23.7 Å². The van der Waals surface area contributed by atoms with Gasteiger partial charge in [0.1, 0.15) is 0 Å². The van der Waals surface area contributed by atoms with Crippen molar-refractivity contribution in [2.75, 3.05) is 0 Å². The van der Waals surface area contributed by atoms with Crippen molar-refractivity contribution in [1.82, 2.24) is 9.97 Å². The summed E-state index contributed by atoms with van der Waals surface area (Å²) < 4.78 is 71.2. The first-order valence-corrected chi connectivity index (χ1v) is 5.20. The van der Waals surface area contributed by atoms with Crippen molar-refractivity contribution in [2.45, 2.75) is 0 Å². The molecular formula is C14H11BN2O2. The molecule has 0 aliphatic carbocycles. The molecule has 0 saturated carbocycles. The van der Waals surface area contributed by atoms with Gasteiger partial charge in [-0.1, -0.05) is 48.3 Å². The van der Waals surface area contributed by atoms with Crippen LogP contribution in [0.2, 0.25) is 0 Å². The van der Waals surface area contributed by atoms with Gasteiger partial charge in [0.2, 0.25) is 0 Å². The van der Waals surface area contributed by atoms with Crippen LogP contribution in [0, 0.1) is 0 Å². The summed E-state index contributed by atoms with van der Waals surface area (Å²) in [6.45, 7) is 0. The van der Waals surface area contributed by atoms with Crippen LogP contribution in [0.1, 0.15) is 12.3 Å². The van der Waals surface area contributed by atoms with Crippen LogP contribution < -0.4 is 5.72 Å². The second-order valence-electron chi connectivity index (χ2n) is 3.53. The third-order valence-electron chi connectivity index (χ3n) is 2.32. The lowest BCUT2D eigenvalue weighted by molar-refractivity contribution is 0.422. The average molecular weight is 259 g/mol. The summed E-state index contributed by atoms with van der Waals surface area (Å²) in [6, 6.07) is -5.74. The fourth-order valence-corrected chi connectivity index (χ4v) is 1.54. The summed E-state index contributed by atoms with van der Waals surface area (Å²) in [5.74, 6) is 0. The molecule has 0 amide bonds. The van der Waals surface area contributed by atoms with E-state index in [1.807, 2.05) is 0 Å². The normalized spacial score (nSPS) is 17.3. The molecule has 3 aromatic rings. The van der Waals surface area contributed by atoms with Crippen molar-refractivity contribution < 1.29 is 22.4 Å². The topological polar surface area (TPSA) is 66.2 Å². The average Bonchev–Trinajstić information content (AvgIpc) is 2.67. The Kier molecular flexibility index (Phi) is 1.36. The maximum atomic E-state index is 9.47. The molecule has 19 heavy (non-hydrogen) atoms. The molecule has 1 heterocycles. The Morgan fingerprint density at radius 2 is 1.58 bits per heavy atom. The molecule has 5 heteroatoms. The number of benzene rings is 2. The number of fused-ring (bicyclic) bond motifs is 1. The Labute approximate surface area is 123 Å². The van der Waals surface area contributed by atoms with E-state index in [0.717, 1.165) is 0 Å². The van der Waals surface area contributed by atoms with Gasteiger partial charge >= 0.3 is 7.12 Å². The smallest absolute Gasteiger partial charge is 0.421 e. The molecule has 0 spiro atoms. The zero-order chi connectivity index (χ0) is 21.1. The Hall–Kier alpha value is -2.24. The van der Waals surface area contributed by atoms with Gasteiger partial charge in [0.25, 0.3) is 0 Å².